The molecule has 0 spiro atoms. The van der Waals surface area contributed by atoms with Gasteiger partial charge in [-0.15, -0.1) is 6.58 Å². The molecule has 0 heterocycles. The van der Waals surface area contributed by atoms with Crippen LogP contribution in [0.3, 0.4) is 0 Å². The minimum Gasteiger partial charge on any atom is -0.480 e. The van der Waals surface area contributed by atoms with Gasteiger partial charge in [-0.25, -0.2) is 0 Å². The van der Waals surface area contributed by atoms with E-state index in [1.54, 1.807) is 18.0 Å². The van der Waals surface area contributed by atoms with Crippen LogP contribution in [0.1, 0.15) is 6.42 Å². The van der Waals surface area contributed by atoms with Crippen LogP contribution in [-0.2, 0) is 4.79 Å². The van der Waals surface area contributed by atoms with E-state index >= 15 is 0 Å². The summed E-state index contributed by atoms with van der Waals surface area (Å²) in [5.74, 6) is -0.786. The molecule has 3 nitrogen and oxygen atoms in total. The second kappa shape index (κ2) is 4.99. The molecule has 58 valence electrons. The first-order valence-electron chi connectivity index (χ1n) is 3.18. The van der Waals surface area contributed by atoms with Crippen molar-refractivity contribution >= 4 is 5.97 Å². The third-order valence-electron chi connectivity index (χ3n) is 1.12. The second-order valence-electron chi connectivity index (χ2n) is 2.21. The molecule has 0 saturated carbocycles. The smallest absolute Gasteiger partial charge is 0.317 e. The van der Waals surface area contributed by atoms with Crippen molar-refractivity contribution in [2.45, 2.75) is 6.42 Å². The van der Waals surface area contributed by atoms with Gasteiger partial charge in [0.05, 0.1) is 6.54 Å². The van der Waals surface area contributed by atoms with E-state index in [1.165, 1.54) is 0 Å². The largest absolute Gasteiger partial charge is 0.480 e. The highest BCUT2D eigenvalue weighted by atomic mass is 16.4. The summed E-state index contributed by atoms with van der Waals surface area (Å²) < 4.78 is 0. The molecule has 0 aliphatic heterocycles. The number of rotatable bonds is 5. The first-order chi connectivity index (χ1) is 4.66. The lowest BCUT2D eigenvalue weighted by atomic mass is 10.4. The SMILES string of the molecule is C=CCCN(C)CC(=O)O. The Morgan fingerprint density at radius 2 is 2.40 bits per heavy atom. The van der Waals surface area contributed by atoms with E-state index in [-0.39, 0.29) is 6.54 Å². The number of carboxylic acids is 1. The lowest BCUT2D eigenvalue weighted by molar-refractivity contribution is -0.137. The average molecular weight is 143 g/mol. The molecule has 0 aromatic rings. The van der Waals surface area contributed by atoms with Crippen molar-refractivity contribution in [3.63, 3.8) is 0 Å². The van der Waals surface area contributed by atoms with Crippen LogP contribution < -0.4 is 0 Å². The van der Waals surface area contributed by atoms with Crippen molar-refractivity contribution in [2.24, 2.45) is 0 Å². The highest BCUT2D eigenvalue weighted by molar-refractivity contribution is 5.68. The zero-order valence-corrected chi connectivity index (χ0v) is 6.21. The fourth-order valence-corrected chi connectivity index (χ4v) is 0.622. The Labute approximate surface area is 61.0 Å². The molecule has 0 radical (unpaired) electrons. The van der Waals surface area contributed by atoms with Gasteiger partial charge in [-0.2, -0.15) is 0 Å². The molecule has 0 unspecified atom stereocenters. The molecular formula is C7H13NO2. The van der Waals surface area contributed by atoms with E-state index in [4.69, 9.17) is 5.11 Å². The van der Waals surface area contributed by atoms with Crippen molar-refractivity contribution < 1.29 is 9.90 Å². The number of likely N-dealkylation sites (N-methyl/N-ethyl adjacent to an activating group) is 1. The Hall–Kier alpha value is -0.830. The Morgan fingerprint density at radius 3 is 2.80 bits per heavy atom. The molecule has 10 heavy (non-hydrogen) atoms. The van der Waals surface area contributed by atoms with Gasteiger partial charge in [0, 0.05) is 6.54 Å². The first-order valence-corrected chi connectivity index (χ1v) is 3.18. The molecular weight excluding hydrogens is 130 g/mol. The maximum Gasteiger partial charge on any atom is 0.317 e. The molecule has 0 aliphatic carbocycles. The van der Waals surface area contributed by atoms with Crippen LogP contribution in [0.15, 0.2) is 12.7 Å². The summed E-state index contributed by atoms with van der Waals surface area (Å²) in [7, 11) is 1.78. The van der Waals surface area contributed by atoms with Gasteiger partial charge >= 0.3 is 5.97 Å². The number of hydrogen-bond acceptors (Lipinski definition) is 2. The van der Waals surface area contributed by atoms with Crippen molar-refractivity contribution in [2.75, 3.05) is 20.1 Å². The van der Waals surface area contributed by atoms with E-state index in [0.29, 0.717) is 0 Å². The molecule has 0 atom stereocenters. The van der Waals surface area contributed by atoms with Crippen LogP contribution in [-0.4, -0.2) is 36.1 Å². The Kier molecular flexibility index (Phi) is 4.58. The maximum atomic E-state index is 10.1. The summed E-state index contributed by atoms with van der Waals surface area (Å²) in [5.41, 5.74) is 0. The quantitative estimate of drug-likeness (QED) is 0.572. The van der Waals surface area contributed by atoms with Gasteiger partial charge in [-0.05, 0) is 13.5 Å². The number of aliphatic carboxylic acids is 1. The summed E-state index contributed by atoms with van der Waals surface area (Å²) in [6, 6.07) is 0. The molecule has 0 aromatic carbocycles. The Bertz CT molecular complexity index is 123. The molecule has 0 fully saturated rings. The van der Waals surface area contributed by atoms with Crippen LogP contribution in [0.25, 0.3) is 0 Å². The zero-order valence-electron chi connectivity index (χ0n) is 6.21. The fraction of sp³-hybridized carbons (Fsp3) is 0.571. The number of carboxylic acid groups (broad SMARTS) is 1. The molecule has 0 rings (SSSR count). The fourth-order valence-electron chi connectivity index (χ4n) is 0.622. The lowest BCUT2D eigenvalue weighted by Crippen LogP contribution is -2.26. The highest BCUT2D eigenvalue weighted by Gasteiger charge is 2.00. The minimum absolute atomic E-state index is 0.105. The predicted molar refractivity (Wildman–Crippen MR) is 39.9 cm³/mol. The van der Waals surface area contributed by atoms with Gasteiger partial charge in [0.25, 0.3) is 0 Å². The summed E-state index contributed by atoms with van der Waals surface area (Å²) in [6.45, 7) is 4.40. The van der Waals surface area contributed by atoms with E-state index in [1.807, 2.05) is 0 Å². The highest BCUT2D eigenvalue weighted by Crippen LogP contribution is 1.86. The molecule has 0 aliphatic rings. The number of carbonyl (C=O) groups is 1. The maximum absolute atomic E-state index is 10.1. The van der Waals surface area contributed by atoms with Crippen LogP contribution in [0.5, 0.6) is 0 Å². The molecule has 0 saturated heterocycles. The minimum atomic E-state index is -0.786. The van der Waals surface area contributed by atoms with Gasteiger partial charge < -0.3 is 5.11 Å². The molecule has 1 N–H and O–H groups in total. The van der Waals surface area contributed by atoms with E-state index in [9.17, 15) is 4.79 Å². The van der Waals surface area contributed by atoms with Crippen LogP contribution in [0, 0.1) is 0 Å². The van der Waals surface area contributed by atoms with Gasteiger partial charge in [0.2, 0.25) is 0 Å². The van der Waals surface area contributed by atoms with E-state index < -0.39 is 5.97 Å². The first kappa shape index (κ1) is 9.17. The van der Waals surface area contributed by atoms with E-state index in [2.05, 4.69) is 6.58 Å². The predicted octanol–water partition coefficient (Wildman–Crippen LogP) is 0.579. The van der Waals surface area contributed by atoms with Crippen LogP contribution in [0.2, 0.25) is 0 Å². The zero-order chi connectivity index (χ0) is 7.98. The normalized spacial score (nSPS) is 9.80. The number of nitrogens with zero attached hydrogens (tertiary/aromatic N) is 1. The summed E-state index contributed by atoms with van der Waals surface area (Å²) in [4.78, 5) is 11.8. The van der Waals surface area contributed by atoms with Gasteiger partial charge in [0.1, 0.15) is 0 Å². The molecule has 3 heteroatoms. The van der Waals surface area contributed by atoms with Crippen LogP contribution >= 0.6 is 0 Å². The van der Waals surface area contributed by atoms with Gasteiger partial charge in [0.15, 0.2) is 0 Å². The molecule has 0 bridgehead atoms. The molecule has 0 aromatic heterocycles. The standard InChI is InChI=1S/C7H13NO2/c1-3-4-5-8(2)6-7(9)10/h3H,1,4-6H2,2H3,(H,9,10). The van der Waals surface area contributed by atoms with Gasteiger partial charge in [-0.3, -0.25) is 9.69 Å². The number of hydrogen-bond donors (Lipinski definition) is 1. The Balaban J connectivity index is 3.33. The van der Waals surface area contributed by atoms with Crippen LogP contribution in [0.4, 0.5) is 0 Å². The van der Waals surface area contributed by atoms with Crippen molar-refractivity contribution in [1.82, 2.24) is 4.90 Å². The monoisotopic (exact) mass is 143 g/mol. The second-order valence-corrected chi connectivity index (χ2v) is 2.21. The van der Waals surface area contributed by atoms with Crippen molar-refractivity contribution in [1.29, 1.82) is 0 Å². The summed E-state index contributed by atoms with van der Waals surface area (Å²) in [5, 5.41) is 8.32. The third kappa shape index (κ3) is 5.31. The lowest BCUT2D eigenvalue weighted by Gasteiger charge is -2.11. The Morgan fingerprint density at radius 1 is 1.80 bits per heavy atom. The summed E-state index contributed by atoms with van der Waals surface area (Å²) in [6.07, 6.45) is 2.61. The molecule has 0 amide bonds. The van der Waals surface area contributed by atoms with E-state index in [0.717, 1.165) is 13.0 Å². The third-order valence-corrected chi connectivity index (χ3v) is 1.12. The topological polar surface area (TPSA) is 40.5 Å². The van der Waals surface area contributed by atoms with Gasteiger partial charge in [-0.1, -0.05) is 6.08 Å². The van der Waals surface area contributed by atoms with Crippen molar-refractivity contribution in [3.8, 4) is 0 Å². The summed E-state index contributed by atoms with van der Waals surface area (Å²) >= 11 is 0. The average Bonchev–Trinajstić information content (AvgIpc) is 1.82. The van der Waals surface area contributed by atoms with Crippen molar-refractivity contribution in [3.05, 3.63) is 12.7 Å².